The molecular formula is C16H24N6O3. The van der Waals surface area contributed by atoms with E-state index in [2.05, 4.69) is 20.4 Å². The lowest BCUT2D eigenvalue weighted by Crippen LogP contribution is -2.47. The van der Waals surface area contributed by atoms with Crippen molar-refractivity contribution in [2.75, 3.05) is 31.6 Å². The molecule has 1 fully saturated rings. The number of anilines is 1. The van der Waals surface area contributed by atoms with Crippen molar-refractivity contribution in [3.63, 3.8) is 0 Å². The van der Waals surface area contributed by atoms with E-state index in [0.29, 0.717) is 37.3 Å². The third-order valence-corrected chi connectivity index (χ3v) is 4.12. The standard InChI is InChI=1S/C16H24N6O3/c1-10(14(24)21-5-7-25-8-6-21)18-15-19-12-11(13(23)20-15)9-17-22(12)16(2,3)4/h9-10H,5-8H2,1-4H3,(H2,18,19,20,23)/t10-/m1/s1. The lowest BCUT2D eigenvalue weighted by atomic mass is 10.1. The normalized spacial score (nSPS) is 16.9. The van der Waals surface area contributed by atoms with Crippen LogP contribution < -0.4 is 10.9 Å². The molecule has 0 unspecified atom stereocenters. The molecule has 1 saturated heterocycles. The first-order valence-corrected chi connectivity index (χ1v) is 8.39. The molecule has 3 heterocycles. The van der Waals surface area contributed by atoms with E-state index in [1.165, 1.54) is 6.20 Å². The molecule has 0 radical (unpaired) electrons. The minimum Gasteiger partial charge on any atom is -0.378 e. The molecule has 2 aromatic rings. The number of ether oxygens (including phenoxy) is 1. The van der Waals surface area contributed by atoms with E-state index in [1.54, 1.807) is 16.5 Å². The predicted octanol–water partition coefficient (Wildman–Crippen LogP) is 0.534. The van der Waals surface area contributed by atoms with Crippen LogP contribution in [0.1, 0.15) is 27.7 Å². The topological polar surface area (TPSA) is 105 Å². The third kappa shape index (κ3) is 3.51. The van der Waals surface area contributed by atoms with Crippen LogP contribution in [0, 0.1) is 0 Å². The van der Waals surface area contributed by atoms with E-state index >= 15 is 0 Å². The largest absolute Gasteiger partial charge is 0.378 e. The van der Waals surface area contributed by atoms with Gasteiger partial charge < -0.3 is 15.0 Å². The molecule has 0 aromatic carbocycles. The third-order valence-electron chi connectivity index (χ3n) is 4.12. The van der Waals surface area contributed by atoms with Gasteiger partial charge in [-0.05, 0) is 27.7 Å². The van der Waals surface area contributed by atoms with Gasteiger partial charge in [0.05, 0.1) is 24.9 Å². The van der Waals surface area contributed by atoms with E-state index in [0.717, 1.165) is 0 Å². The Morgan fingerprint density at radius 2 is 2.04 bits per heavy atom. The number of carbonyl (C=O) groups is 1. The Balaban J connectivity index is 1.86. The SMILES string of the molecule is C[C@@H](Nc1nc2c(cnn2C(C)(C)C)c(=O)[nH]1)C(=O)N1CCOCC1. The van der Waals surface area contributed by atoms with Gasteiger partial charge in [0.2, 0.25) is 11.9 Å². The number of hydrogen-bond donors (Lipinski definition) is 2. The minimum atomic E-state index is -0.510. The molecule has 3 rings (SSSR count). The average Bonchev–Trinajstić information content (AvgIpc) is 2.99. The zero-order valence-electron chi connectivity index (χ0n) is 15.0. The first kappa shape index (κ1) is 17.4. The zero-order valence-corrected chi connectivity index (χ0v) is 15.0. The summed E-state index contributed by atoms with van der Waals surface area (Å²) in [6.07, 6.45) is 1.51. The molecule has 1 amide bonds. The second kappa shape index (κ2) is 6.47. The second-order valence-corrected chi connectivity index (χ2v) is 7.18. The molecule has 2 N–H and O–H groups in total. The zero-order chi connectivity index (χ0) is 18.2. The van der Waals surface area contributed by atoms with Crippen molar-refractivity contribution in [1.82, 2.24) is 24.6 Å². The Kier molecular flexibility index (Phi) is 4.51. The number of nitrogens with one attached hydrogen (secondary N) is 2. The summed E-state index contributed by atoms with van der Waals surface area (Å²) in [5.74, 6) is 0.216. The Labute approximate surface area is 145 Å². The van der Waals surface area contributed by atoms with Crippen LogP contribution in [0.25, 0.3) is 11.0 Å². The molecule has 0 spiro atoms. The highest BCUT2D eigenvalue weighted by Crippen LogP contribution is 2.19. The molecule has 9 nitrogen and oxygen atoms in total. The lowest BCUT2D eigenvalue weighted by molar-refractivity contribution is -0.135. The molecule has 1 atom stereocenters. The number of hydrogen-bond acceptors (Lipinski definition) is 6. The number of nitrogens with zero attached hydrogens (tertiary/aromatic N) is 4. The van der Waals surface area contributed by atoms with Gasteiger partial charge in [-0.2, -0.15) is 10.1 Å². The highest BCUT2D eigenvalue weighted by molar-refractivity contribution is 5.84. The van der Waals surface area contributed by atoms with Gasteiger partial charge in [-0.15, -0.1) is 0 Å². The Morgan fingerprint density at radius 3 is 2.68 bits per heavy atom. The minimum absolute atomic E-state index is 0.0459. The maximum Gasteiger partial charge on any atom is 0.263 e. The highest BCUT2D eigenvalue weighted by Gasteiger charge is 2.24. The van der Waals surface area contributed by atoms with Crippen LogP contribution >= 0.6 is 0 Å². The molecule has 1 aliphatic rings. The Morgan fingerprint density at radius 1 is 1.36 bits per heavy atom. The van der Waals surface area contributed by atoms with Gasteiger partial charge in [0.1, 0.15) is 11.4 Å². The number of aromatic amines is 1. The van der Waals surface area contributed by atoms with Crippen molar-refractivity contribution >= 4 is 22.9 Å². The van der Waals surface area contributed by atoms with Crippen LogP contribution in [0.5, 0.6) is 0 Å². The van der Waals surface area contributed by atoms with Crippen LogP contribution in [0.3, 0.4) is 0 Å². The van der Waals surface area contributed by atoms with Gasteiger partial charge >= 0.3 is 0 Å². The van der Waals surface area contributed by atoms with Gasteiger partial charge in [-0.25, -0.2) is 4.68 Å². The van der Waals surface area contributed by atoms with Crippen LogP contribution in [-0.2, 0) is 15.1 Å². The summed E-state index contributed by atoms with van der Waals surface area (Å²) in [5, 5.41) is 7.70. The predicted molar refractivity (Wildman–Crippen MR) is 93.6 cm³/mol. The fourth-order valence-corrected chi connectivity index (χ4v) is 2.80. The number of carbonyl (C=O) groups excluding carboxylic acids is 1. The number of H-pyrrole nitrogens is 1. The molecule has 1 aliphatic heterocycles. The summed E-state index contributed by atoms with van der Waals surface area (Å²) in [7, 11) is 0. The molecule has 0 bridgehead atoms. The van der Waals surface area contributed by atoms with Crippen molar-refractivity contribution in [2.24, 2.45) is 0 Å². The van der Waals surface area contributed by atoms with E-state index < -0.39 is 6.04 Å². The average molecular weight is 348 g/mol. The number of fused-ring (bicyclic) bond motifs is 1. The highest BCUT2D eigenvalue weighted by atomic mass is 16.5. The van der Waals surface area contributed by atoms with E-state index in [4.69, 9.17) is 4.74 Å². The molecule has 9 heteroatoms. The van der Waals surface area contributed by atoms with Crippen molar-refractivity contribution in [3.05, 3.63) is 16.6 Å². The quantitative estimate of drug-likeness (QED) is 0.838. The number of morpholine rings is 1. The van der Waals surface area contributed by atoms with Gasteiger partial charge in [0.15, 0.2) is 5.65 Å². The summed E-state index contributed by atoms with van der Waals surface area (Å²) in [5.41, 5.74) is -0.103. The first-order valence-electron chi connectivity index (χ1n) is 8.39. The molecular weight excluding hydrogens is 324 g/mol. The molecule has 25 heavy (non-hydrogen) atoms. The number of rotatable bonds is 3. The fraction of sp³-hybridized carbons (Fsp3) is 0.625. The van der Waals surface area contributed by atoms with Crippen LogP contribution in [0.4, 0.5) is 5.95 Å². The molecule has 2 aromatic heterocycles. The summed E-state index contributed by atoms with van der Waals surface area (Å²) in [4.78, 5) is 33.7. The molecule has 136 valence electrons. The van der Waals surface area contributed by atoms with E-state index in [1.807, 2.05) is 20.8 Å². The van der Waals surface area contributed by atoms with Crippen molar-refractivity contribution in [1.29, 1.82) is 0 Å². The van der Waals surface area contributed by atoms with Crippen molar-refractivity contribution in [2.45, 2.75) is 39.3 Å². The number of aromatic nitrogens is 4. The van der Waals surface area contributed by atoms with Crippen molar-refractivity contribution in [3.8, 4) is 0 Å². The fourth-order valence-electron chi connectivity index (χ4n) is 2.80. The van der Waals surface area contributed by atoms with Gasteiger partial charge in [-0.1, -0.05) is 0 Å². The Hall–Kier alpha value is -2.42. The van der Waals surface area contributed by atoms with E-state index in [-0.39, 0.29) is 23.0 Å². The van der Waals surface area contributed by atoms with Crippen LogP contribution in [0.15, 0.2) is 11.0 Å². The lowest BCUT2D eigenvalue weighted by Gasteiger charge is -2.29. The Bertz CT molecular complexity index is 828. The van der Waals surface area contributed by atoms with Gasteiger partial charge in [-0.3, -0.25) is 14.6 Å². The molecule has 0 saturated carbocycles. The van der Waals surface area contributed by atoms with Crippen LogP contribution in [0.2, 0.25) is 0 Å². The van der Waals surface area contributed by atoms with Gasteiger partial charge in [0, 0.05) is 13.1 Å². The summed E-state index contributed by atoms with van der Waals surface area (Å²) < 4.78 is 6.97. The maximum atomic E-state index is 12.5. The summed E-state index contributed by atoms with van der Waals surface area (Å²) in [6.45, 7) is 9.95. The van der Waals surface area contributed by atoms with E-state index in [9.17, 15) is 9.59 Å². The molecule has 0 aliphatic carbocycles. The van der Waals surface area contributed by atoms with Gasteiger partial charge in [0.25, 0.3) is 5.56 Å². The monoisotopic (exact) mass is 348 g/mol. The summed E-state index contributed by atoms with van der Waals surface area (Å²) in [6, 6.07) is -0.510. The maximum absolute atomic E-state index is 12.5. The van der Waals surface area contributed by atoms with Crippen molar-refractivity contribution < 1.29 is 9.53 Å². The second-order valence-electron chi connectivity index (χ2n) is 7.18. The number of amides is 1. The summed E-state index contributed by atoms with van der Waals surface area (Å²) >= 11 is 0. The smallest absolute Gasteiger partial charge is 0.263 e. The first-order chi connectivity index (χ1) is 11.8. The van der Waals surface area contributed by atoms with Crippen LogP contribution in [-0.4, -0.2) is 62.9 Å².